The normalized spacial score (nSPS) is 19.7. The number of hydrogen-bond donors (Lipinski definition) is 0. The van der Waals surface area contributed by atoms with Crippen LogP contribution in [0.1, 0.15) is 48.8 Å². The summed E-state index contributed by atoms with van der Waals surface area (Å²) >= 11 is 0. The van der Waals surface area contributed by atoms with Crippen LogP contribution in [-0.4, -0.2) is 70.6 Å². The molecule has 2 aliphatic rings. The van der Waals surface area contributed by atoms with Crippen LogP contribution in [-0.2, 0) is 17.8 Å². The Morgan fingerprint density at radius 1 is 1.29 bits per heavy atom. The molecule has 1 fully saturated rings. The lowest BCUT2D eigenvalue weighted by Gasteiger charge is -2.28. The maximum absolute atomic E-state index is 13.4. The predicted octanol–water partition coefficient (Wildman–Crippen LogP) is 2.37. The van der Waals surface area contributed by atoms with Crippen molar-refractivity contribution in [2.24, 2.45) is 0 Å². The molecule has 2 atom stereocenters. The molecular formula is C24H26N8O3. The number of ether oxygens (including phenoxy) is 1. The smallest absolute Gasteiger partial charge is 0.410 e. The molecule has 180 valence electrons. The lowest BCUT2D eigenvalue weighted by molar-refractivity contribution is 0.0199. The van der Waals surface area contributed by atoms with E-state index in [9.17, 15) is 9.59 Å². The first-order valence-electron chi connectivity index (χ1n) is 11.4. The first-order chi connectivity index (χ1) is 16.7. The molecule has 35 heavy (non-hydrogen) atoms. The minimum atomic E-state index is -0.622. The second-order valence-corrected chi connectivity index (χ2v) is 9.80. The minimum Gasteiger partial charge on any atom is -0.444 e. The van der Waals surface area contributed by atoms with Crippen molar-refractivity contribution >= 4 is 12.0 Å². The van der Waals surface area contributed by atoms with Gasteiger partial charge in [-0.15, -0.1) is 0 Å². The molecule has 2 amide bonds. The van der Waals surface area contributed by atoms with Crippen LogP contribution in [0.5, 0.6) is 0 Å². The minimum absolute atomic E-state index is 0.164. The lowest BCUT2D eigenvalue weighted by atomic mass is 10.1. The van der Waals surface area contributed by atoms with Gasteiger partial charge in [0.2, 0.25) is 0 Å². The van der Waals surface area contributed by atoms with Crippen LogP contribution < -0.4 is 0 Å². The third kappa shape index (κ3) is 4.47. The predicted molar refractivity (Wildman–Crippen MR) is 123 cm³/mol. The molecule has 5 rings (SSSR count). The van der Waals surface area contributed by atoms with Crippen molar-refractivity contribution in [1.29, 1.82) is 5.26 Å². The third-order valence-electron chi connectivity index (χ3n) is 6.13. The van der Waals surface area contributed by atoms with Crippen LogP contribution in [0.25, 0.3) is 5.82 Å². The number of fused-ring (bicyclic) bond motifs is 1. The highest BCUT2D eigenvalue weighted by Crippen LogP contribution is 2.31. The Morgan fingerprint density at radius 2 is 2.11 bits per heavy atom. The maximum atomic E-state index is 13.4. The Bertz CT molecular complexity index is 1300. The molecule has 0 aromatic carbocycles. The zero-order valence-electron chi connectivity index (χ0n) is 19.8. The molecule has 0 spiro atoms. The van der Waals surface area contributed by atoms with E-state index >= 15 is 0 Å². The number of hydrogen-bond acceptors (Lipinski definition) is 7. The fourth-order valence-corrected chi connectivity index (χ4v) is 4.57. The van der Waals surface area contributed by atoms with Crippen molar-refractivity contribution in [3.05, 3.63) is 59.8 Å². The summed E-state index contributed by atoms with van der Waals surface area (Å²) in [6.45, 7) is 6.82. The van der Waals surface area contributed by atoms with Gasteiger partial charge in [-0.1, -0.05) is 6.07 Å². The molecule has 3 aromatic heterocycles. The summed E-state index contributed by atoms with van der Waals surface area (Å²) < 4.78 is 8.93. The molecule has 0 unspecified atom stereocenters. The van der Waals surface area contributed by atoms with E-state index in [1.54, 1.807) is 32.9 Å². The fourth-order valence-electron chi connectivity index (χ4n) is 4.57. The number of rotatable bonds is 4. The van der Waals surface area contributed by atoms with Gasteiger partial charge in [-0.25, -0.2) is 14.5 Å². The monoisotopic (exact) mass is 474 g/mol. The van der Waals surface area contributed by atoms with Gasteiger partial charge >= 0.3 is 6.09 Å². The van der Waals surface area contributed by atoms with Crippen molar-refractivity contribution in [3.8, 4) is 11.9 Å². The molecule has 2 aliphatic heterocycles. The molecule has 3 aromatic rings. The van der Waals surface area contributed by atoms with E-state index in [0.29, 0.717) is 43.1 Å². The summed E-state index contributed by atoms with van der Waals surface area (Å²) in [6.07, 6.45) is 6.79. The SMILES string of the molecule is CC(C)(C)OC(=O)N1C[C@H](N2Cc3ccc(-n4cc(C#N)cn4)nc3C2=O)C[C@H]1Cn1cccn1. The molecular weight excluding hydrogens is 448 g/mol. The molecule has 1 saturated heterocycles. The van der Waals surface area contributed by atoms with Gasteiger partial charge in [-0.05, 0) is 39.3 Å². The topological polar surface area (TPSA) is 122 Å². The van der Waals surface area contributed by atoms with Crippen LogP contribution in [0.4, 0.5) is 4.79 Å². The van der Waals surface area contributed by atoms with Crippen LogP contribution in [0.3, 0.4) is 0 Å². The maximum Gasteiger partial charge on any atom is 0.410 e. The molecule has 0 N–H and O–H groups in total. The summed E-state index contributed by atoms with van der Waals surface area (Å²) in [7, 11) is 0. The number of likely N-dealkylation sites (tertiary alicyclic amines) is 1. The highest BCUT2D eigenvalue weighted by atomic mass is 16.6. The number of carbonyl (C=O) groups is 2. The molecule has 11 heteroatoms. The summed E-state index contributed by atoms with van der Waals surface area (Å²) in [5, 5.41) is 17.5. The van der Waals surface area contributed by atoms with E-state index in [-0.39, 0.29) is 18.0 Å². The van der Waals surface area contributed by atoms with Gasteiger partial charge < -0.3 is 14.5 Å². The Morgan fingerprint density at radius 3 is 2.80 bits per heavy atom. The van der Waals surface area contributed by atoms with Gasteiger partial charge in [0.15, 0.2) is 5.82 Å². The summed E-state index contributed by atoms with van der Waals surface area (Å²) in [5.74, 6) is 0.294. The average molecular weight is 475 g/mol. The number of amides is 2. The van der Waals surface area contributed by atoms with E-state index in [0.717, 1.165) is 5.56 Å². The van der Waals surface area contributed by atoms with Crippen LogP contribution in [0.2, 0.25) is 0 Å². The third-order valence-corrected chi connectivity index (χ3v) is 6.13. The van der Waals surface area contributed by atoms with E-state index in [4.69, 9.17) is 10.00 Å². The van der Waals surface area contributed by atoms with Crippen molar-refractivity contribution in [1.82, 2.24) is 34.3 Å². The Kier molecular flexibility index (Phi) is 5.51. The largest absolute Gasteiger partial charge is 0.444 e. The van der Waals surface area contributed by atoms with Crippen LogP contribution in [0.15, 0.2) is 43.0 Å². The highest BCUT2D eigenvalue weighted by Gasteiger charge is 2.44. The number of nitriles is 1. The number of aromatic nitrogens is 5. The first kappa shape index (κ1) is 22.6. The highest BCUT2D eigenvalue weighted by molar-refractivity contribution is 5.97. The number of nitrogens with zero attached hydrogens (tertiary/aromatic N) is 8. The van der Waals surface area contributed by atoms with Gasteiger partial charge in [-0.3, -0.25) is 9.48 Å². The Labute approximate surface area is 202 Å². The van der Waals surface area contributed by atoms with Gasteiger partial charge in [0.1, 0.15) is 17.4 Å². The van der Waals surface area contributed by atoms with Crippen molar-refractivity contribution in [2.75, 3.05) is 6.54 Å². The molecule has 0 radical (unpaired) electrons. The quantitative estimate of drug-likeness (QED) is 0.569. The second kappa shape index (κ2) is 8.54. The van der Waals surface area contributed by atoms with Crippen molar-refractivity contribution in [2.45, 2.75) is 58.0 Å². The van der Waals surface area contributed by atoms with Gasteiger partial charge in [0, 0.05) is 31.0 Å². The molecule has 5 heterocycles. The zero-order chi connectivity index (χ0) is 24.7. The van der Waals surface area contributed by atoms with E-state index in [1.807, 2.05) is 45.2 Å². The van der Waals surface area contributed by atoms with Gasteiger partial charge in [0.05, 0.1) is 36.6 Å². The van der Waals surface area contributed by atoms with E-state index < -0.39 is 11.7 Å². The van der Waals surface area contributed by atoms with Crippen LogP contribution >= 0.6 is 0 Å². The first-order valence-corrected chi connectivity index (χ1v) is 11.4. The van der Waals surface area contributed by atoms with Gasteiger partial charge in [0.25, 0.3) is 5.91 Å². The lowest BCUT2D eigenvalue weighted by Crippen LogP contribution is -2.43. The van der Waals surface area contributed by atoms with E-state index in [2.05, 4.69) is 15.2 Å². The second-order valence-electron chi connectivity index (χ2n) is 9.80. The Balaban J connectivity index is 1.36. The molecule has 11 nitrogen and oxygen atoms in total. The molecule has 0 bridgehead atoms. The average Bonchev–Trinajstić information content (AvgIpc) is 3.60. The number of carbonyl (C=O) groups excluding carboxylic acids is 2. The number of pyridine rings is 1. The molecule has 0 saturated carbocycles. The molecule has 0 aliphatic carbocycles. The summed E-state index contributed by atoms with van der Waals surface area (Å²) in [4.78, 5) is 34.4. The van der Waals surface area contributed by atoms with Crippen molar-refractivity contribution < 1.29 is 14.3 Å². The summed E-state index contributed by atoms with van der Waals surface area (Å²) in [6, 6.07) is 7.18. The van der Waals surface area contributed by atoms with Crippen LogP contribution in [0, 0.1) is 11.3 Å². The van der Waals surface area contributed by atoms with E-state index in [1.165, 1.54) is 10.9 Å². The standard InChI is InChI=1S/C24H26N8O3/c1-24(2,3)35-23(34)31-15-19(9-18(31)14-29-8-4-7-26-29)30-13-17-5-6-20(28-21(17)22(30)33)32-12-16(10-25)11-27-32/h4-8,11-12,18-19H,9,13-15H2,1-3H3/t18-,19+/m0/s1. The zero-order valence-corrected chi connectivity index (χ0v) is 19.8. The van der Waals surface area contributed by atoms with Gasteiger partial charge in [-0.2, -0.15) is 15.5 Å². The van der Waals surface area contributed by atoms with Crippen molar-refractivity contribution in [3.63, 3.8) is 0 Å². The fraction of sp³-hybridized carbons (Fsp3) is 0.417. The Hall–Kier alpha value is -4.20. The summed E-state index contributed by atoms with van der Waals surface area (Å²) in [5.41, 5.74) is 0.988.